The summed E-state index contributed by atoms with van der Waals surface area (Å²) in [6.45, 7) is 3.14. The van der Waals surface area contributed by atoms with Gasteiger partial charge in [-0.25, -0.2) is 0 Å². The summed E-state index contributed by atoms with van der Waals surface area (Å²) < 4.78 is 0. The summed E-state index contributed by atoms with van der Waals surface area (Å²) in [4.78, 5) is 14.1. The first-order valence-corrected chi connectivity index (χ1v) is 8.26. The van der Waals surface area contributed by atoms with Crippen LogP contribution in [0.2, 0.25) is 0 Å². The van der Waals surface area contributed by atoms with Crippen molar-refractivity contribution in [3.05, 3.63) is 35.9 Å². The topological polar surface area (TPSA) is 40.5 Å². The zero-order chi connectivity index (χ0) is 14.8. The van der Waals surface area contributed by atoms with Crippen LogP contribution < -0.4 is 0 Å². The lowest BCUT2D eigenvalue weighted by atomic mass is 9.93. The lowest BCUT2D eigenvalue weighted by molar-refractivity contribution is -0.144. The number of fused-ring (bicyclic) bond motifs is 1. The number of hydrogen-bond acceptors (Lipinski definition) is 2. The average molecular weight is 287 g/mol. The van der Waals surface area contributed by atoms with E-state index in [-0.39, 0.29) is 12.1 Å². The molecular weight excluding hydrogens is 262 g/mol. The van der Waals surface area contributed by atoms with Crippen molar-refractivity contribution in [2.45, 2.75) is 51.1 Å². The molecule has 114 valence electrons. The van der Waals surface area contributed by atoms with E-state index in [1.165, 1.54) is 18.4 Å². The van der Waals surface area contributed by atoms with Gasteiger partial charge in [0.25, 0.3) is 0 Å². The highest BCUT2D eigenvalue weighted by Crippen LogP contribution is 2.46. The molecule has 3 rings (SSSR count). The maximum atomic E-state index is 11.9. The molecule has 1 aliphatic carbocycles. The zero-order valence-electron chi connectivity index (χ0n) is 12.7. The molecule has 21 heavy (non-hydrogen) atoms. The maximum Gasteiger partial charge on any atom is 0.321 e. The minimum absolute atomic E-state index is 0.253. The summed E-state index contributed by atoms with van der Waals surface area (Å²) in [6.07, 6.45) is 5.62. The highest BCUT2D eigenvalue weighted by atomic mass is 16.4. The van der Waals surface area contributed by atoms with E-state index in [9.17, 15) is 9.90 Å². The van der Waals surface area contributed by atoms with E-state index in [1.807, 2.05) is 6.07 Å². The molecule has 1 aromatic rings. The van der Waals surface area contributed by atoms with Crippen LogP contribution >= 0.6 is 0 Å². The minimum atomic E-state index is -0.624. The van der Waals surface area contributed by atoms with Crippen LogP contribution in [-0.4, -0.2) is 28.6 Å². The van der Waals surface area contributed by atoms with Gasteiger partial charge in [0.05, 0.1) is 0 Å². The summed E-state index contributed by atoms with van der Waals surface area (Å²) in [7, 11) is 0. The Labute approximate surface area is 127 Å². The van der Waals surface area contributed by atoms with Crippen molar-refractivity contribution >= 4 is 5.97 Å². The molecule has 0 radical (unpaired) electrons. The first kappa shape index (κ1) is 14.6. The van der Waals surface area contributed by atoms with Crippen molar-refractivity contribution in [3.63, 3.8) is 0 Å². The summed E-state index contributed by atoms with van der Waals surface area (Å²) in [6, 6.07) is 10.4. The van der Waals surface area contributed by atoms with Gasteiger partial charge in [-0.05, 0) is 36.7 Å². The van der Waals surface area contributed by atoms with Crippen molar-refractivity contribution in [2.24, 2.45) is 11.8 Å². The Bertz CT molecular complexity index is 487. The number of rotatable bonds is 5. The van der Waals surface area contributed by atoms with Crippen LogP contribution in [0.5, 0.6) is 0 Å². The molecule has 1 heterocycles. The standard InChI is InChI=1S/C18H25NO2/c1-2-7-16(13-8-4-3-5-9-13)19-12-14-10-6-11-15(14)17(19)18(20)21/h3-5,8-9,14-17H,2,6-7,10-12H2,1H3,(H,20,21). The van der Waals surface area contributed by atoms with Gasteiger partial charge >= 0.3 is 5.97 Å². The van der Waals surface area contributed by atoms with E-state index < -0.39 is 5.97 Å². The van der Waals surface area contributed by atoms with Crippen molar-refractivity contribution < 1.29 is 9.90 Å². The molecule has 0 spiro atoms. The summed E-state index contributed by atoms with van der Waals surface area (Å²) >= 11 is 0. The van der Waals surface area contributed by atoms with Gasteiger partial charge in [0, 0.05) is 12.6 Å². The molecule has 2 aliphatic rings. The lowest BCUT2D eigenvalue weighted by Gasteiger charge is -2.33. The van der Waals surface area contributed by atoms with Crippen molar-refractivity contribution in [2.75, 3.05) is 6.54 Å². The van der Waals surface area contributed by atoms with Crippen LogP contribution in [0.3, 0.4) is 0 Å². The molecule has 1 saturated heterocycles. The first-order valence-electron chi connectivity index (χ1n) is 8.26. The maximum absolute atomic E-state index is 11.9. The van der Waals surface area contributed by atoms with Gasteiger partial charge < -0.3 is 5.11 Å². The Hall–Kier alpha value is -1.35. The molecule has 1 N–H and O–H groups in total. The Morgan fingerprint density at radius 3 is 2.76 bits per heavy atom. The number of likely N-dealkylation sites (tertiary alicyclic amines) is 1. The minimum Gasteiger partial charge on any atom is -0.480 e. The monoisotopic (exact) mass is 287 g/mol. The normalized spacial score (nSPS) is 30.2. The molecule has 4 unspecified atom stereocenters. The van der Waals surface area contributed by atoms with Crippen LogP contribution in [0.1, 0.15) is 50.6 Å². The third-order valence-electron chi connectivity index (χ3n) is 5.33. The van der Waals surface area contributed by atoms with Crippen LogP contribution in [0.4, 0.5) is 0 Å². The largest absolute Gasteiger partial charge is 0.480 e. The molecule has 0 amide bonds. The number of carbonyl (C=O) groups is 1. The summed E-state index contributed by atoms with van der Waals surface area (Å²) in [5, 5.41) is 9.75. The second-order valence-corrected chi connectivity index (χ2v) is 6.55. The van der Waals surface area contributed by atoms with Crippen LogP contribution in [0.25, 0.3) is 0 Å². The number of benzene rings is 1. The van der Waals surface area contributed by atoms with E-state index in [0.29, 0.717) is 11.8 Å². The number of nitrogens with zero attached hydrogens (tertiary/aromatic N) is 1. The van der Waals surface area contributed by atoms with E-state index in [0.717, 1.165) is 25.8 Å². The van der Waals surface area contributed by atoms with Crippen LogP contribution in [0.15, 0.2) is 30.3 Å². The molecule has 4 atom stereocenters. The predicted molar refractivity (Wildman–Crippen MR) is 83.1 cm³/mol. The number of aliphatic carboxylic acids is 1. The van der Waals surface area contributed by atoms with Gasteiger partial charge in [-0.2, -0.15) is 0 Å². The van der Waals surface area contributed by atoms with Gasteiger partial charge in [-0.15, -0.1) is 0 Å². The molecule has 1 aromatic carbocycles. The summed E-state index contributed by atoms with van der Waals surface area (Å²) in [5.74, 6) is 0.334. The van der Waals surface area contributed by atoms with E-state index >= 15 is 0 Å². The van der Waals surface area contributed by atoms with Crippen molar-refractivity contribution in [1.29, 1.82) is 0 Å². The molecule has 3 nitrogen and oxygen atoms in total. The molecular formula is C18H25NO2. The fraction of sp³-hybridized carbons (Fsp3) is 0.611. The molecule has 1 aliphatic heterocycles. The second-order valence-electron chi connectivity index (χ2n) is 6.55. The van der Waals surface area contributed by atoms with E-state index in [2.05, 4.69) is 36.1 Å². The quantitative estimate of drug-likeness (QED) is 0.897. The fourth-order valence-electron chi connectivity index (χ4n) is 4.46. The SMILES string of the molecule is CCCC(c1ccccc1)N1CC2CCCC2C1C(=O)O. The van der Waals surface area contributed by atoms with Gasteiger partial charge in [-0.1, -0.05) is 50.1 Å². The predicted octanol–water partition coefficient (Wildman–Crippen LogP) is 3.71. The van der Waals surface area contributed by atoms with E-state index in [1.54, 1.807) is 0 Å². The first-order chi connectivity index (χ1) is 10.2. The Morgan fingerprint density at radius 1 is 1.33 bits per heavy atom. The highest BCUT2D eigenvalue weighted by molar-refractivity contribution is 5.74. The molecule has 0 aromatic heterocycles. The zero-order valence-corrected chi connectivity index (χ0v) is 12.7. The Morgan fingerprint density at radius 2 is 2.10 bits per heavy atom. The number of carboxylic acids is 1. The lowest BCUT2D eigenvalue weighted by Crippen LogP contribution is -2.41. The number of carboxylic acid groups (broad SMARTS) is 1. The smallest absolute Gasteiger partial charge is 0.321 e. The average Bonchev–Trinajstić information content (AvgIpc) is 3.05. The van der Waals surface area contributed by atoms with Crippen molar-refractivity contribution in [3.8, 4) is 0 Å². The van der Waals surface area contributed by atoms with Crippen LogP contribution in [0, 0.1) is 11.8 Å². The molecule has 0 bridgehead atoms. The molecule has 3 heteroatoms. The Kier molecular flexibility index (Phi) is 4.29. The van der Waals surface area contributed by atoms with Crippen LogP contribution in [-0.2, 0) is 4.79 Å². The molecule has 2 fully saturated rings. The van der Waals surface area contributed by atoms with E-state index in [4.69, 9.17) is 0 Å². The third kappa shape index (κ3) is 2.71. The fourth-order valence-corrected chi connectivity index (χ4v) is 4.46. The number of hydrogen-bond donors (Lipinski definition) is 1. The molecule has 1 saturated carbocycles. The highest BCUT2D eigenvalue weighted by Gasteiger charge is 2.49. The van der Waals surface area contributed by atoms with Gasteiger partial charge in [0.1, 0.15) is 6.04 Å². The van der Waals surface area contributed by atoms with Gasteiger partial charge in [0.2, 0.25) is 0 Å². The van der Waals surface area contributed by atoms with Gasteiger partial charge in [-0.3, -0.25) is 9.69 Å². The third-order valence-corrected chi connectivity index (χ3v) is 5.33. The van der Waals surface area contributed by atoms with Crippen molar-refractivity contribution in [1.82, 2.24) is 4.90 Å². The second kappa shape index (κ2) is 6.18. The summed E-state index contributed by atoms with van der Waals surface area (Å²) in [5.41, 5.74) is 1.27. The van der Waals surface area contributed by atoms with Gasteiger partial charge in [0.15, 0.2) is 0 Å². The Balaban J connectivity index is 1.89.